The van der Waals surface area contributed by atoms with Crippen LogP contribution in [-0.2, 0) is 0 Å². The van der Waals surface area contributed by atoms with Gasteiger partial charge in [0.25, 0.3) is 0 Å². The second-order valence-corrected chi connectivity index (χ2v) is 7.54. The first-order chi connectivity index (χ1) is 8.50. The van der Waals surface area contributed by atoms with Crippen molar-refractivity contribution in [3.63, 3.8) is 0 Å². The van der Waals surface area contributed by atoms with Crippen molar-refractivity contribution in [2.45, 2.75) is 58.9 Å². The summed E-state index contributed by atoms with van der Waals surface area (Å²) >= 11 is 0. The summed E-state index contributed by atoms with van der Waals surface area (Å²) in [6.45, 7) is 11.3. The molecule has 3 atom stereocenters. The maximum absolute atomic E-state index is 3.57. The average molecular weight is 252 g/mol. The topological polar surface area (TPSA) is 15.3 Å². The lowest BCUT2D eigenvalue weighted by atomic mass is 9.67. The minimum atomic E-state index is 0.488. The van der Waals surface area contributed by atoms with Crippen LogP contribution in [-0.4, -0.2) is 37.6 Å². The van der Waals surface area contributed by atoms with Crippen molar-refractivity contribution < 1.29 is 0 Å². The maximum Gasteiger partial charge on any atom is 0.0105 e. The Labute approximate surface area is 114 Å². The fourth-order valence-corrected chi connectivity index (χ4v) is 3.93. The highest BCUT2D eigenvalue weighted by atomic mass is 15.1. The molecular weight excluding hydrogens is 220 g/mol. The van der Waals surface area contributed by atoms with Gasteiger partial charge in [0.1, 0.15) is 0 Å². The van der Waals surface area contributed by atoms with Crippen molar-refractivity contribution in [1.29, 1.82) is 0 Å². The first kappa shape index (κ1) is 14.3. The van der Waals surface area contributed by atoms with Gasteiger partial charge >= 0.3 is 0 Å². The zero-order chi connectivity index (χ0) is 13.2. The van der Waals surface area contributed by atoms with Crippen LogP contribution in [0.25, 0.3) is 0 Å². The first-order valence-corrected chi connectivity index (χ1v) is 7.90. The van der Waals surface area contributed by atoms with Crippen molar-refractivity contribution in [2.24, 2.45) is 17.3 Å². The van der Waals surface area contributed by atoms with Crippen LogP contribution in [0, 0.1) is 17.3 Å². The molecule has 0 amide bonds. The molecule has 0 radical (unpaired) electrons. The maximum atomic E-state index is 3.57. The van der Waals surface area contributed by atoms with Crippen LogP contribution < -0.4 is 5.32 Å². The van der Waals surface area contributed by atoms with Gasteiger partial charge in [0, 0.05) is 12.6 Å². The van der Waals surface area contributed by atoms with Gasteiger partial charge in [-0.15, -0.1) is 0 Å². The zero-order valence-corrected chi connectivity index (χ0v) is 12.8. The predicted octanol–water partition coefficient (Wildman–Crippen LogP) is 3.13. The lowest BCUT2D eigenvalue weighted by molar-refractivity contribution is 0.0957. The van der Waals surface area contributed by atoms with E-state index < -0.39 is 0 Å². The smallest absolute Gasteiger partial charge is 0.0105 e. The molecule has 1 aliphatic heterocycles. The monoisotopic (exact) mass is 252 g/mol. The summed E-state index contributed by atoms with van der Waals surface area (Å²) in [4.78, 5) is 2.69. The fraction of sp³-hybridized carbons (Fsp3) is 1.00. The molecule has 0 aromatic heterocycles. The highest BCUT2D eigenvalue weighted by Crippen LogP contribution is 2.40. The van der Waals surface area contributed by atoms with Crippen LogP contribution in [0.3, 0.4) is 0 Å². The van der Waals surface area contributed by atoms with Crippen LogP contribution in [0.2, 0.25) is 0 Å². The summed E-state index contributed by atoms with van der Waals surface area (Å²) in [5, 5.41) is 3.57. The molecule has 2 heteroatoms. The Hall–Kier alpha value is -0.0800. The molecule has 1 aliphatic carbocycles. The molecule has 1 saturated heterocycles. The van der Waals surface area contributed by atoms with Gasteiger partial charge < -0.3 is 10.2 Å². The molecule has 1 heterocycles. The number of nitrogens with zero attached hydrogens (tertiary/aromatic N) is 1. The van der Waals surface area contributed by atoms with Gasteiger partial charge in [-0.3, -0.25) is 0 Å². The van der Waals surface area contributed by atoms with Gasteiger partial charge in [-0.25, -0.2) is 0 Å². The van der Waals surface area contributed by atoms with Crippen molar-refractivity contribution in [3.8, 4) is 0 Å². The minimum Gasteiger partial charge on any atom is -0.317 e. The minimum absolute atomic E-state index is 0.488. The largest absolute Gasteiger partial charge is 0.317 e. The summed E-state index contributed by atoms with van der Waals surface area (Å²) in [7, 11) is 2.15. The first-order valence-electron chi connectivity index (χ1n) is 7.90. The van der Waals surface area contributed by atoms with E-state index in [0.717, 1.165) is 17.9 Å². The molecule has 3 unspecified atom stereocenters. The third-order valence-corrected chi connectivity index (χ3v) is 5.27. The molecule has 0 bridgehead atoms. The number of hydrogen-bond donors (Lipinski definition) is 1. The Morgan fingerprint density at radius 1 is 1.11 bits per heavy atom. The Bertz CT molecular complexity index is 250. The lowest BCUT2D eigenvalue weighted by Crippen LogP contribution is -2.46. The van der Waals surface area contributed by atoms with Gasteiger partial charge in [0.2, 0.25) is 0 Å². The molecular formula is C16H32N2. The van der Waals surface area contributed by atoms with Crippen LogP contribution in [0.15, 0.2) is 0 Å². The summed E-state index contributed by atoms with van der Waals surface area (Å²) in [5.74, 6) is 1.78. The number of hydrogen-bond acceptors (Lipinski definition) is 2. The van der Waals surface area contributed by atoms with Crippen LogP contribution in [0.1, 0.15) is 52.9 Å². The highest BCUT2D eigenvalue weighted by Gasteiger charge is 2.36. The summed E-state index contributed by atoms with van der Waals surface area (Å²) < 4.78 is 0. The SMILES string of the molecule is CNC1CCC(C(C)(C)C)CC1CN1CCCC1. The van der Waals surface area contributed by atoms with Gasteiger partial charge in [-0.1, -0.05) is 20.8 Å². The fourth-order valence-electron chi connectivity index (χ4n) is 3.93. The Kier molecular flexibility index (Phi) is 4.71. The molecule has 18 heavy (non-hydrogen) atoms. The third-order valence-electron chi connectivity index (χ3n) is 5.27. The Balaban J connectivity index is 1.94. The average Bonchev–Trinajstić information content (AvgIpc) is 2.80. The van der Waals surface area contributed by atoms with Gasteiger partial charge in [-0.05, 0) is 69.5 Å². The molecule has 2 aliphatic rings. The van der Waals surface area contributed by atoms with Crippen molar-refractivity contribution in [3.05, 3.63) is 0 Å². The summed E-state index contributed by atoms with van der Waals surface area (Å²) in [6.07, 6.45) is 7.03. The molecule has 2 fully saturated rings. The van der Waals surface area contributed by atoms with E-state index in [0.29, 0.717) is 5.41 Å². The van der Waals surface area contributed by atoms with Crippen molar-refractivity contribution >= 4 is 0 Å². The van der Waals surface area contributed by atoms with E-state index in [-0.39, 0.29) is 0 Å². The van der Waals surface area contributed by atoms with Crippen LogP contribution in [0.5, 0.6) is 0 Å². The second-order valence-electron chi connectivity index (χ2n) is 7.54. The molecule has 1 N–H and O–H groups in total. The number of rotatable bonds is 3. The van der Waals surface area contributed by atoms with E-state index in [4.69, 9.17) is 0 Å². The third kappa shape index (κ3) is 3.48. The van der Waals surface area contributed by atoms with Crippen molar-refractivity contribution in [1.82, 2.24) is 10.2 Å². The molecule has 0 aromatic rings. The Morgan fingerprint density at radius 2 is 1.78 bits per heavy atom. The number of nitrogens with one attached hydrogen (secondary N) is 1. The van der Waals surface area contributed by atoms with E-state index in [2.05, 4.69) is 38.0 Å². The molecule has 2 nitrogen and oxygen atoms in total. The van der Waals surface area contributed by atoms with Gasteiger partial charge in [0.15, 0.2) is 0 Å². The van der Waals surface area contributed by atoms with E-state index >= 15 is 0 Å². The number of likely N-dealkylation sites (tertiary alicyclic amines) is 1. The summed E-state index contributed by atoms with van der Waals surface area (Å²) in [6, 6.07) is 0.754. The second kappa shape index (κ2) is 5.92. The highest BCUT2D eigenvalue weighted by molar-refractivity contribution is 4.90. The standard InChI is InChI=1S/C16H32N2/c1-16(2,3)14-7-8-15(17-4)13(11-14)12-18-9-5-6-10-18/h13-15,17H,5-12H2,1-4H3. The Morgan fingerprint density at radius 3 is 2.33 bits per heavy atom. The molecule has 1 saturated carbocycles. The van der Waals surface area contributed by atoms with E-state index in [1.54, 1.807) is 0 Å². The zero-order valence-electron chi connectivity index (χ0n) is 12.8. The lowest BCUT2D eigenvalue weighted by Gasteiger charge is -2.43. The van der Waals surface area contributed by atoms with E-state index in [1.807, 2.05) is 0 Å². The molecule has 0 aromatic carbocycles. The van der Waals surface area contributed by atoms with Crippen LogP contribution in [0.4, 0.5) is 0 Å². The van der Waals surface area contributed by atoms with Crippen molar-refractivity contribution in [2.75, 3.05) is 26.7 Å². The summed E-state index contributed by atoms with van der Waals surface area (Å²) in [5.41, 5.74) is 0.488. The quantitative estimate of drug-likeness (QED) is 0.830. The van der Waals surface area contributed by atoms with E-state index in [9.17, 15) is 0 Å². The van der Waals surface area contributed by atoms with Crippen LogP contribution >= 0.6 is 0 Å². The van der Waals surface area contributed by atoms with Gasteiger partial charge in [0.05, 0.1) is 0 Å². The predicted molar refractivity (Wildman–Crippen MR) is 78.8 cm³/mol. The van der Waals surface area contributed by atoms with Gasteiger partial charge in [-0.2, -0.15) is 0 Å². The molecule has 0 spiro atoms. The normalized spacial score (nSPS) is 35.0. The molecule has 106 valence electrons. The molecule has 2 rings (SSSR count). The van der Waals surface area contributed by atoms with E-state index in [1.165, 1.54) is 51.7 Å².